The lowest BCUT2D eigenvalue weighted by Gasteiger charge is -2.46. The van der Waals surface area contributed by atoms with Gasteiger partial charge in [0.1, 0.15) is 61.0 Å². The fourth-order valence-corrected chi connectivity index (χ4v) is 19.8. The van der Waals surface area contributed by atoms with Crippen molar-refractivity contribution < 1.29 is 165 Å². The molecule has 4 saturated heterocycles. The van der Waals surface area contributed by atoms with E-state index in [2.05, 4.69) is 46.4 Å². The molecule has 0 aromatic heterocycles. The fourth-order valence-electron chi connectivity index (χ4n) is 19.1. The van der Waals surface area contributed by atoms with Crippen molar-refractivity contribution in [3.8, 4) is 0 Å². The Hall–Kier alpha value is -2.46. The number of hydrogen-bond acceptors (Lipinski definition) is 36. The van der Waals surface area contributed by atoms with Gasteiger partial charge >= 0.3 is 23.9 Å². The lowest BCUT2D eigenvalue weighted by atomic mass is 9.84. The predicted molar refractivity (Wildman–Crippen MR) is 533 cm³/mol. The highest BCUT2D eigenvalue weighted by atomic mass is 32.2. The zero-order valence-electron chi connectivity index (χ0n) is 87.1. The maximum atomic E-state index is 13.9. The lowest BCUT2D eigenvalue weighted by molar-refractivity contribution is -0.435. The number of carbonyl (C=O) groups is 4. The summed E-state index contributed by atoms with van der Waals surface area (Å²) in [6, 6.07) is 0. The summed E-state index contributed by atoms with van der Waals surface area (Å²) < 4.78 is 78.3. The average Bonchev–Trinajstić information content (AvgIpc) is 0.778. The van der Waals surface area contributed by atoms with Crippen LogP contribution in [-0.4, -0.2) is 257 Å². The Morgan fingerprint density at radius 2 is 0.529 bits per heavy atom. The molecule has 0 radical (unpaired) electrons. The molecule has 34 nitrogen and oxygen atoms in total. The molecule has 4 fully saturated rings. The molecule has 0 aromatic carbocycles. The summed E-state index contributed by atoms with van der Waals surface area (Å²) >= 11 is 0.103. The van der Waals surface area contributed by atoms with E-state index in [1.165, 1.54) is 250 Å². The van der Waals surface area contributed by atoms with Crippen molar-refractivity contribution in [1.29, 1.82) is 0 Å². The largest absolute Gasteiger partial charge is 0.455 e. The first kappa shape index (κ1) is 132. The van der Waals surface area contributed by atoms with E-state index in [1.807, 2.05) is 20.8 Å². The molecule has 4 heterocycles. The topological polar surface area (TPSA) is 499 Å². The maximum absolute atomic E-state index is 13.9. The van der Waals surface area contributed by atoms with Gasteiger partial charge in [0.2, 0.25) is 12.6 Å². The van der Waals surface area contributed by atoms with Gasteiger partial charge in [-0.2, -0.15) is 0 Å². The second-order valence-corrected chi connectivity index (χ2v) is 41.3. The molecule has 140 heavy (non-hydrogen) atoms. The van der Waals surface area contributed by atoms with Crippen LogP contribution < -0.4 is 0 Å². The van der Waals surface area contributed by atoms with E-state index in [1.54, 1.807) is 13.8 Å². The number of aliphatic hydroxyl groups excluding tert-OH is 12. The van der Waals surface area contributed by atoms with Gasteiger partial charge in [-0.15, -0.1) is 8.67 Å². The molecule has 0 saturated carbocycles. The Bertz CT molecular complexity index is 2930. The van der Waals surface area contributed by atoms with Crippen LogP contribution >= 0.6 is 24.6 Å². The number of esters is 4. The van der Waals surface area contributed by atoms with Crippen LogP contribution in [0, 0.1) is 29.6 Å². The van der Waals surface area contributed by atoms with Crippen molar-refractivity contribution >= 4 is 48.5 Å². The van der Waals surface area contributed by atoms with E-state index >= 15 is 0 Å². The number of rotatable bonds is 87. The van der Waals surface area contributed by atoms with Crippen molar-refractivity contribution in [2.75, 3.05) is 26.4 Å². The Morgan fingerprint density at radius 1 is 0.286 bits per heavy atom. The first-order valence-electron chi connectivity index (χ1n) is 55.0. The summed E-state index contributed by atoms with van der Waals surface area (Å²) in [5.41, 5.74) is 0. The van der Waals surface area contributed by atoms with E-state index in [4.69, 9.17) is 66.2 Å². The molecule has 0 spiro atoms. The molecule has 0 aliphatic carbocycles. The van der Waals surface area contributed by atoms with Gasteiger partial charge in [0, 0.05) is 12.8 Å². The van der Waals surface area contributed by atoms with Crippen molar-refractivity contribution in [1.82, 2.24) is 0 Å². The van der Waals surface area contributed by atoms with Crippen LogP contribution in [0.5, 0.6) is 0 Å². The van der Waals surface area contributed by atoms with Crippen LogP contribution in [0.25, 0.3) is 0 Å². The summed E-state index contributed by atoms with van der Waals surface area (Å²) in [5.74, 6) is -4.98. The standard InChI is InChI=1S/2C52H98O17S/c1-6-8-10-12-14-16-18-19-20-21-23-25-27-29-31-33-42(55)64-49-47(45(58)41(36-54)63-52(49)66-51-48(67-70-69-68-61)46(59)44(57)40(35-53)62-51)65-50(60)39(5)34-38(4)43(56)37(3)32-30-28-26-24-22-17-15-13-11-9-7-2;1-5-7-9-11-13-15-17-19-20-22-23-25-27-29-31-33-40(55)38(3)35-39(4)50(60)65-47-45(58)42(37-54)63-52(66-51-48(67-70-69-68-61)46(59)44(57)41(36-53)62-51)49(47)64-43(56)34-32-30-28-26-24-21-18-16-14-12-10-8-6-2/h37-41,43-49,51-54,56-59,61H,6-36H2,1-5H3;38-42,44-49,51-55,57-59,61H,5-37H2,1-4H3. The van der Waals surface area contributed by atoms with Gasteiger partial charge < -0.3 is 109 Å². The number of unbranched alkanes of at least 4 members (excludes halogenated alkanes) is 50. The summed E-state index contributed by atoms with van der Waals surface area (Å²) in [6.45, 7) is 14.9. The van der Waals surface area contributed by atoms with Gasteiger partial charge in [-0.3, -0.25) is 27.5 Å². The van der Waals surface area contributed by atoms with Gasteiger partial charge in [0.15, 0.2) is 73.9 Å². The molecular formula is C104H196O34S2. The Labute approximate surface area is 848 Å². The Balaban J connectivity index is 0.000000720. The van der Waals surface area contributed by atoms with E-state index in [-0.39, 0.29) is 68.1 Å². The predicted octanol–water partition coefficient (Wildman–Crippen LogP) is 18.8. The molecule has 4 aliphatic heterocycles. The first-order valence-corrected chi connectivity index (χ1v) is 56.3. The first-order chi connectivity index (χ1) is 67.8. The minimum Gasteiger partial charge on any atom is -0.455 e. The molecule has 0 bridgehead atoms. The summed E-state index contributed by atoms with van der Waals surface area (Å²) in [5, 5.41) is 153. The van der Waals surface area contributed by atoms with Crippen molar-refractivity contribution in [3.05, 3.63) is 0 Å². The minimum absolute atomic E-state index is 0.00616. The highest BCUT2D eigenvalue weighted by Gasteiger charge is 2.57. The smallest absolute Gasteiger partial charge is 0.309 e. The van der Waals surface area contributed by atoms with Crippen LogP contribution in [0.15, 0.2) is 0 Å². The molecule has 27 unspecified atom stereocenters. The van der Waals surface area contributed by atoms with Crippen molar-refractivity contribution in [2.45, 2.75) is 583 Å². The molecular weight excluding hydrogens is 1860 g/mol. The van der Waals surface area contributed by atoms with Gasteiger partial charge in [0.25, 0.3) is 0 Å². The third-order valence-electron chi connectivity index (χ3n) is 28.2. The highest BCUT2D eigenvalue weighted by molar-refractivity contribution is 7.89. The minimum atomic E-state index is -1.78. The number of carbonyl (C=O) groups excluding carboxylic acids is 4. The zero-order chi connectivity index (χ0) is 103. The quantitative estimate of drug-likeness (QED) is 0.00671. The van der Waals surface area contributed by atoms with E-state index < -0.39 is 197 Å². The van der Waals surface area contributed by atoms with E-state index in [0.29, 0.717) is 19.3 Å². The SMILES string of the molecule is CCCCCCCCCCCCCCCCCC(=O)OC1C(OC2OC(CO)C(O)C(O)C2OSOOO)OC(CO)C(O)C1OC(=O)C(C)CC(C)C(O)C(C)CCCCCCCCCCCCC.CCCCCCCCCCCCCCCCCC(O)C(C)CC(C)C(=O)OC1C(O)C(CO)OC(OC2OC(CO)C(O)C(O)C2OSOOO)C1OC(=O)CCCCCCCCCCCCCCC. The van der Waals surface area contributed by atoms with Crippen LogP contribution in [0.2, 0.25) is 0 Å². The van der Waals surface area contributed by atoms with Crippen molar-refractivity contribution in [3.63, 3.8) is 0 Å². The maximum Gasteiger partial charge on any atom is 0.309 e. The normalized spacial score (nSPS) is 26.4. The Morgan fingerprint density at radius 3 is 0.800 bits per heavy atom. The zero-order valence-corrected chi connectivity index (χ0v) is 88.7. The monoisotopic (exact) mass is 2050 g/mol. The molecule has 0 aromatic rings. The fraction of sp³-hybridized carbons (Fsp3) is 0.962. The summed E-state index contributed by atoms with van der Waals surface area (Å²) in [4.78, 5) is 54.8. The van der Waals surface area contributed by atoms with E-state index in [0.717, 1.165) is 89.9 Å². The third-order valence-corrected chi connectivity index (χ3v) is 29.0. The van der Waals surface area contributed by atoms with Gasteiger partial charge in [-0.1, -0.05) is 406 Å². The lowest BCUT2D eigenvalue weighted by Crippen LogP contribution is -2.65. The molecule has 4 rings (SSSR count). The highest BCUT2D eigenvalue weighted by Crippen LogP contribution is 2.39. The van der Waals surface area contributed by atoms with Gasteiger partial charge in [-0.25, -0.2) is 10.5 Å². The van der Waals surface area contributed by atoms with Gasteiger partial charge in [0.05, 0.1) is 50.5 Å². The van der Waals surface area contributed by atoms with E-state index in [9.17, 15) is 80.5 Å². The number of aliphatic hydroxyl groups is 12. The molecule has 27 atom stereocenters. The average molecular weight is 2050 g/mol. The number of hydrogen-bond donors (Lipinski definition) is 14. The second kappa shape index (κ2) is 84.3. The summed E-state index contributed by atoms with van der Waals surface area (Å²) in [6.07, 6.45) is 32.0. The summed E-state index contributed by atoms with van der Waals surface area (Å²) in [7, 11) is 0. The molecule has 4 aliphatic rings. The molecule has 14 N–H and O–H groups in total. The van der Waals surface area contributed by atoms with Crippen LogP contribution in [-0.2, 0) is 93.7 Å². The van der Waals surface area contributed by atoms with Crippen LogP contribution in [0.3, 0.4) is 0 Å². The Kier molecular flexibility index (Phi) is 79.3. The molecule has 0 amide bonds. The van der Waals surface area contributed by atoms with Gasteiger partial charge in [-0.05, 0) is 56.3 Å². The van der Waals surface area contributed by atoms with Crippen molar-refractivity contribution in [2.24, 2.45) is 29.6 Å². The second-order valence-electron chi connectivity index (χ2n) is 40.4. The van der Waals surface area contributed by atoms with Crippen LogP contribution in [0.1, 0.15) is 448 Å². The molecule has 828 valence electrons. The third kappa shape index (κ3) is 55.9. The van der Waals surface area contributed by atoms with Crippen LogP contribution in [0.4, 0.5) is 0 Å². The molecule has 36 heteroatoms. The number of ether oxygens (including phenoxy) is 10.